The number of fused-ring (bicyclic) bond motifs is 5. The van der Waals surface area contributed by atoms with Crippen LogP contribution < -0.4 is 28.7 Å². The number of aryl methyl sites for hydroxylation is 1. The summed E-state index contributed by atoms with van der Waals surface area (Å²) in [7, 11) is 0. The van der Waals surface area contributed by atoms with E-state index in [1.807, 2.05) is 6.07 Å². The Bertz CT molecular complexity index is 1780. The average Bonchev–Trinajstić information content (AvgIpc) is 3.45. The molecule has 362 valence electrons. The smallest absolute Gasteiger partial charge is 0.320 e. The number of benzene rings is 2. The molecule has 3 aliphatic rings. The minimum absolute atomic E-state index is 0.0231. The number of aliphatic hydroxyl groups is 2. The van der Waals surface area contributed by atoms with E-state index in [9.17, 15) is 39.3 Å². The summed E-state index contributed by atoms with van der Waals surface area (Å²) in [5.41, 5.74) is 28.9. The molecule has 0 unspecified atom stereocenters. The maximum absolute atomic E-state index is 10.4. The van der Waals surface area contributed by atoms with Gasteiger partial charge in [0.05, 0.1) is 12.2 Å². The molecule has 5 rings (SSSR count). The van der Waals surface area contributed by atoms with Gasteiger partial charge in [0.1, 0.15) is 35.7 Å². The first-order valence-corrected chi connectivity index (χ1v) is 20.7. The van der Waals surface area contributed by atoms with Crippen LogP contribution in [0.1, 0.15) is 101 Å². The number of phenolic OH excluding ortho intramolecular Hbond substituents is 2. The molecule has 21 nitrogen and oxygen atoms in total. The van der Waals surface area contributed by atoms with Gasteiger partial charge in [-0.05, 0) is 135 Å². The summed E-state index contributed by atoms with van der Waals surface area (Å²) in [6.45, 7) is 5.27. The van der Waals surface area contributed by atoms with Gasteiger partial charge in [-0.1, -0.05) is 31.5 Å². The summed E-state index contributed by atoms with van der Waals surface area (Å²) in [4.78, 5) is 59.0. The molecule has 3 aliphatic carbocycles. The van der Waals surface area contributed by atoms with E-state index in [0.29, 0.717) is 36.5 Å². The van der Waals surface area contributed by atoms with Gasteiger partial charge < -0.3 is 79.7 Å². The minimum atomic E-state index is -1.17. The second-order valence-electron chi connectivity index (χ2n) is 16.2. The maximum Gasteiger partial charge on any atom is 0.320 e. The summed E-state index contributed by atoms with van der Waals surface area (Å²) in [6, 6.07) is 8.72. The zero-order valence-corrected chi connectivity index (χ0v) is 36.5. The summed E-state index contributed by atoms with van der Waals surface area (Å²) in [6.07, 6.45) is 6.02. The SMILES string of the molecule is CC(=O)O.C[C@H](N)C(=O)O.C[C@]12CC[C@@H]3c4ccc(O)cc4CC[C@H]3[C@@H]1C[C@@H](O)[C@@H]2O.NCCCC[C@H](N)C(=O)O.N[C@@H](CCC(=O)O)C(=O)O.N[C@@H](Cc1ccc(O)cc1)C(=O)O. The molecular formula is C43H69N5O16. The number of hydrogen-bond acceptors (Lipinski definition) is 15. The zero-order valence-electron chi connectivity index (χ0n) is 36.5. The molecule has 2 aromatic carbocycles. The molecule has 0 spiro atoms. The fraction of sp³-hybridized carbons (Fsp3) is 0.581. The molecule has 0 radical (unpaired) electrons. The molecule has 64 heavy (non-hydrogen) atoms. The zero-order chi connectivity index (χ0) is 49.5. The molecule has 0 aromatic heterocycles. The largest absolute Gasteiger partial charge is 0.508 e. The van der Waals surface area contributed by atoms with Crippen molar-refractivity contribution in [1.29, 1.82) is 0 Å². The lowest BCUT2D eigenvalue weighted by Crippen LogP contribution is -2.44. The number of aromatic hydroxyl groups is 2. The molecule has 0 amide bonds. The summed E-state index contributed by atoms with van der Waals surface area (Å²) >= 11 is 0. The van der Waals surface area contributed by atoms with Crippen LogP contribution in [-0.4, -0.2) is 130 Å². The van der Waals surface area contributed by atoms with Crippen molar-refractivity contribution in [2.24, 2.45) is 45.9 Å². The molecule has 2 aromatic rings. The Hall–Kier alpha value is -5.42. The van der Waals surface area contributed by atoms with Crippen LogP contribution in [0.5, 0.6) is 11.5 Å². The van der Waals surface area contributed by atoms with Crippen LogP contribution in [0.25, 0.3) is 0 Å². The average molecular weight is 912 g/mol. The van der Waals surface area contributed by atoms with Crippen LogP contribution in [0, 0.1) is 17.3 Å². The number of phenols is 2. The Morgan fingerprint density at radius 2 is 1.23 bits per heavy atom. The van der Waals surface area contributed by atoms with Gasteiger partial charge in [0, 0.05) is 13.3 Å². The molecule has 2 saturated carbocycles. The van der Waals surface area contributed by atoms with Gasteiger partial charge in [-0.3, -0.25) is 28.8 Å². The number of aliphatic carboxylic acids is 6. The predicted octanol–water partition coefficient (Wildman–Crippen LogP) is 1.23. The van der Waals surface area contributed by atoms with Crippen LogP contribution >= 0.6 is 0 Å². The van der Waals surface area contributed by atoms with Crippen molar-refractivity contribution in [1.82, 2.24) is 0 Å². The van der Waals surface area contributed by atoms with Crippen LogP contribution in [0.2, 0.25) is 0 Å². The van der Waals surface area contributed by atoms with Gasteiger partial charge >= 0.3 is 29.8 Å². The highest BCUT2D eigenvalue weighted by Gasteiger charge is 2.57. The lowest BCUT2D eigenvalue weighted by Gasteiger charge is -2.49. The highest BCUT2D eigenvalue weighted by molar-refractivity contribution is 5.75. The summed E-state index contributed by atoms with van der Waals surface area (Å²) in [5, 5.41) is 87.6. The van der Waals surface area contributed by atoms with Crippen molar-refractivity contribution < 1.29 is 79.8 Å². The number of carboxylic acids is 6. The van der Waals surface area contributed by atoms with Crippen LogP contribution in [0.15, 0.2) is 42.5 Å². The Balaban J connectivity index is 0.000000808. The quantitative estimate of drug-likeness (QED) is 0.126. The van der Waals surface area contributed by atoms with E-state index in [-0.39, 0.29) is 30.4 Å². The van der Waals surface area contributed by atoms with Crippen molar-refractivity contribution in [3.8, 4) is 11.5 Å². The van der Waals surface area contributed by atoms with Crippen molar-refractivity contribution in [3.63, 3.8) is 0 Å². The van der Waals surface area contributed by atoms with Crippen LogP contribution in [-0.2, 0) is 41.6 Å². The summed E-state index contributed by atoms with van der Waals surface area (Å²) in [5.74, 6) is -3.91. The van der Waals surface area contributed by atoms with Gasteiger partial charge in [0.15, 0.2) is 0 Å². The standard InChI is InChI=1S/C18H24O3.C9H11NO3.C6H14N2O2.C5H9NO4.C3H7NO2.C2H4O2/c1-18-7-6-13-12-5-3-11(19)8-10(12)2-4-14(13)15(18)9-16(20)17(18)21;10-8(9(12)13)5-6-1-3-7(11)4-2-6;7-4-2-1-3-5(8)6(9)10;6-3(5(9)10)1-2-4(7)8;1-2(4)3(5)6;1-2(3)4/h3,5,8,13-17,19-21H,2,4,6-7,9H2,1H3;1-4,8,11H,5,10H2,(H,12,13);5H,1-4,7-8H2,(H,9,10);3H,1-2,6H2,(H,7,8)(H,9,10);2H,4H2,1H3,(H,5,6);1H3,(H,3,4)/t13-,14-,15+,16-,17+,18+;8-;5-;3-;2-;/m10000./s1. The Morgan fingerprint density at radius 1 is 0.734 bits per heavy atom. The lowest BCUT2D eigenvalue weighted by atomic mass is 9.55. The third kappa shape index (κ3) is 21.3. The number of carboxylic acid groups (broad SMARTS) is 6. The van der Waals surface area contributed by atoms with Crippen LogP contribution in [0.4, 0.5) is 0 Å². The van der Waals surface area contributed by atoms with Gasteiger partial charge in [0.25, 0.3) is 5.97 Å². The molecule has 0 aliphatic heterocycles. The Kier molecular flexibility index (Phi) is 26.6. The third-order valence-electron chi connectivity index (χ3n) is 11.1. The minimum Gasteiger partial charge on any atom is -0.508 e. The Labute approximate surface area is 371 Å². The van der Waals surface area contributed by atoms with Crippen molar-refractivity contribution in [2.45, 2.75) is 134 Å². The predicted molar refractivity (Wildman–Crippen MR) is 233 cm³/mol. The highest BCUT2D eigenvalue weighted by Crippen LogP contribution is 2.61. The van der Waals surface area contributed by atoms with Gasteiger partial charge in [-0.15, -0.1) is 0 Å². The number of hydrogen-bond donors (Lipinski definition) is 15. The topological polar surface area (TPSA) is 435 Å². The first-order valence-electron chi connectivity index (χ1n) is 20.7. The van der Waals surface area contributed by atoms with E-state index in [2.05, 4.69) is 13.0 Å². The van der Waals surface area contributed by atoms with Crippen molar-refractivity contribution in [2.75, 3.05) is 6.54 Å². The Morgan fingerprint density at radius 3 is 1.70 bits per heavy atom. The lowest BCUT2D eigenvalue weighted by molar-refractivity contribution is -0.141. The molecule has 0 heterocycles. The number of aliphatic hydroxyl groups excluding tert-OH is 2. The number of rotatable bonds is 13. The monoisotopic (exact) mass is 911 g/mol. The third-order valence-corrected chi connectivity index (χ3v) is 11.1. The molecular weight excluding hydrogens is 842 g/mol. The molecule has 2 fully saturated rings. The number of carbonyl (C=O) groups is 6. The normalized spacial score (nSPS) is 22.9. The van der Waals surface area contributed by atoms with Crippen molar-refractivity contribution in [3.05, 3.63) is 59.2 Å². The molecule has 10 atom stereocenters. The van der Waals surface area contributed by atoms with Gasteiger partial charge in [0.2, 0.25) is 0 Å². The number of unbranched alkanes of at least 4 members (excludes halogenated alkanes) is 1. The molecule has 0 saturated heterocycles. The maximum atomic E-state index is 10.4. The second-order valence-corrected chi connectivity index (χ2v) is 16.2. The fourth-order valence-corrected chi connectivity index (χ4v) is 7.56. The van der Waals surface area contributed by atoms with E-state index in [1.54, 1.807) is 18.2 Å². The second kappa shape index (κ2) is 29.1. The van der Waals surface area contributed by atoms with E-state index >= 15 is 0 Å². The molecule has 21 heteroatoms. The summed E-state index contributed by atoms with van der Waals surface area (Å²) < 4.78 is 0. The van der Waals surface area contributed by atoms with Gasteiger partial charge in [-0.2, -0.15) is 0 Å². The molecule has 20 N–H and O–H groups in total. The number of nitrogens with two attached hydrogens (primary N) is 5. The highest BCUT2D eigenvalue weighted by atomic mass is 16.4. The first-order chi connectivity index (χ1) is 29.7. The van der Waals surface area contributed by atoms with Crippen molar-refractivity contribution >= 4 is 35.8 Å². The molecule has 0 bridgehead atoms. The fourth-order valence-electron chi connectivity index (χ4n) is 7.56. The van der Waals surface area contributed by atoms with E-state index < -0.39 is 72.2 Å². The first kappa shape index (κ1) is 58.6. The van der Waals surface area contributed by atoms with Crippen LogP contribution in [0.3, 0.4) is 0 Å². The van der Waals surface area contributed by atoms with E-state index in [4.69, 9.17) is 69.2 Å². The van der Waals surface area contributed by atoms with E-state index in [0.717, 1.165) is 57.4 Å². The van der Waals surface area contributed by atoms with Gasteiger partial charge in [-0.25, -0.2) is 0 Å². The van der Waals surface area contributed by atoms with E-state index in [1.165, 1.54) is 30.2 Å².